The summed E-state index contributed by atoms with van der Waals surface area (Å²) in [6, 6.07) is 7.81. The summed E-state index contributed by atoms with van der Waals surface area (Å²) in [5.41, 5.74) is 0. The van der Waals surface area contributed by atoms with Crippen LogP contribution in [-0.2, 0) is 4.74 Å². The predicted molar refractivity (Wildman–Crippen MR) is 79.6 cm³/mol. The van der Waals surface area contributed by atoms with Crippen molar-refractivity contribution in [1.29, 1.82) is 0 Å². The third-order valence-corrected chi connectivity index (χ3v) is 3.29. The Morgan fingerprint density at radius 3 is 2.45 bits per heavy atom. The average Bonchev–Trinajstić information content (AvgIpc) is 2.38. The minimum absolute atomic E-state index is 0.306. The second-order valence-corrected chi connectivity index (χ2v) is 5.27. The van der Waals surface area contributed by atoms with Crippen LogP contribution in [0.5, 0.6) is 11.5 Å². The van der Waals surface area contributed by atoms with E-state index in [0.29, 0.717) is 25.4 Å². The second-order valence-electron chi connectivity index (χ2n) is 5.27. The van der Waals surface area contributed by atoms with Gasteiger partial charge in [0.2, 0.25) is 0 Å². The highest BCUT2D eigenvalue weighted by Crippen LogP contribution is 2.19. The fourth-order valence-electron chi connectivity index (χ4n) is 2.58. The van der Waals surface area contributed by atoms with Gasteiger partial charge in [0, 0.05) is 25.7 Å². The van der Waals surface area contributed by atoms with Crippen LogP contribution in [0.3, 0.4) is 0 Å². The van der Waals surface area contributed by atoms with E-state index in [1.165, 1.54) is 0 Å². The van der Waals surface area contributed by atoms with Gasteiger partial charge in [-0.3, -0.25) is 4.90 Å². The van der Waals surface area contributed by atoms with Gasteiger partial charge < -0.3 is 14.2 Å². The number of nitrogens with zero attached hydrogens (tertiary/aromatic N) is 1. The zero-order valence-electron chi connectivity index (χ0n) is 12.7. The van der Waals surface area contributed by atoms with Crippen LogP contribution >= 0.6 is 0 Å². The molecule has 0 N–H and O–H groups in total. The van der Waals surface area contributed by atoms with Gasteiger partial charge in [0.25, 0.3) is 0 Å². The number of rotatable bonds is 6. The van der Waals surface area contributed by atoms with Crippen molar-refractivity contribution in [2.45, 2.75) is 33.0 Å². The first kappa shape index (κ1) is 15.1. The molecule has 2 atom stereocenters. The van der Waals surface area contributed by atoms with Crippen molar-refractivity contribution in [2.75, 3.05) is 32.8 Å². The number of hydrogen-bond acceptors (Lipinski definition) is 4. The predicted octanol–water partition coefficient (Wildman–Crippen LogP) is 2.57. The van der Waals surface area contributed by atoms with Crippen LogP contribution in [0.25, 0.3) is 0 Å². The van der Waals surface area contributed by atoms with E-state index >= 15 is 0 Å². The molecule has 112 valence electrons. The molecule has 0 aromatic heterocycles. The first-order valence-electron chi connectivity index (χ1n) is 7.41. The van der Waals surface area contributed by atoms with Gasteiger partial charge in [-0.1, -0.05) is 6.07 Å². The summed E-state index contributed by atoms with van der Waals surface area (Å²) in [4.78, 5) is 2.39. The third-order valence-electron chi connectivity index (χ3n) is 3.29. The van der Waals surface area contributed by atoms with E-state index in [2.05, 4.69) is 18.7 Å². The summed E-state index contributed by atoms with van der Waals surface area (Å²) in [5.74, 6) is 1.73. The Labute approximate surface area is 121 Å². The highest BCUT2D eigenvalue weighted by atomic mass is 16.5. The van der Waals surface area contributed by atoms with Crippen molar-refractivity contribution >= 4 is 0 Å². The Morgan fingerprint density at radius 2 is 1.80 bits per heavy atom. The van der Waals surface area contributed by atoms with E-state index in [0.717, 1.165) is 31.1 Å². The van der Waals surface area contributed by atoms with E-state index in [-0.39, 0.29) is 0 Å². The number of ether oxygens (including phenoxy) is 3. The standard InChI is InChI=1S/C16H25NO3/c1-4-18-15-6-5-7-16(10-15)19-9-8-17-11-13(2)20-14(3)12-17/h5-7,10,13-14H,4,8-9,11-12H2,1-3H3/t13-,14-/m1/s1. The van der Waals surface area contributed by atoms with Crippen LogP contribution < -0.4 is 9.47 Å². The smallest absolute Gasteiger partial charge is 0.123 e. The van der Waals surface area contributed by atoms with E-state index in [9.17, 15) is 0 Å². The maximum Gasteiger partial charge on any atom is 0.123 e. The van der Waals surface area contributed by atoms with E-state index in [1.807, 2.05) is 31.2 Å². The van der Waals surface area contributed by atoms with Gasteiger partial charge in [-0.25, -0.2) is 0 Å². The molecule has 2 rings (SSSR count). The molecule has 1 heterocycles. The monoisotopic (exact) mass is 279 g/mol. The molecule has 0 radical (unpaired) electrons. The lowest BCUT2D eigenvalue weighted by Gasteiger charge is -2.35. The molecule has 1 aliphatic rings. The van der Waals surface area contributed by atoms with Crippen LogP contribution in [0.1, 0.15) is 20.8 Å². The lowest BCUT2D eigenvalue weighted by atomic mass is 10.2. The van der Waals surface area contributed by atoms with E-state index in [1.54, 1.807) is 0 Å². The van der Waals surface area contributed by atoms with E-state index in [4.69, 9.17) is 14.2 Å². The van der Waals surface area contributed by atoms with Gasteiger partial charge in [0.1, 0.15) is 18.1 Å². The normalized spacial score (nSPS) is 23.6. The summed E-state index contributed by atoms with van der Waals surface area (Å²) < 4.78 is 17.0. The van der Waals surface area contributed by atoms with Crippen molar-refractivity contribution in [3.05, 3.63) is 24.3 Å². The van der Waals surface area contributed by atoms with Crippen molar-refractivity contribution in [2.24, 2.45) is 0 Å². The molecule has 0 saturated carbocycles. The Balaban J connectivity index is 1.76. The summed E-state index contributed by atoms with van der Waals surface area (Å²) >= 11 is 0. The Kier molecular flexibility index (Phi) is 5.68. The quantitative estimate of drug-likeness (QED) is 0.801. The largest absolute Gasteiger partial charge is 0.494 e. The van der Waals surface area contributed by atoms with Crippen molar-refractivity contribution in [1.82, 2.24) is 4.90 Å². The Bertz CT molecular complexity index is 400. The fourth-order valence-corrected chi connectivity index (χ4v) is 2.58. The fraction of sp³-hybridized carbons (Fsp3) is 0.625. The molecule has 1 aromatic carbocycles. The van der Waals surface area contributed by atoms with Gasteiger partial charge in [-0.2, -0.15) is 0 Å². The Morgan fingerprint density at radius 1 is 1.15 bits per heavy atom. The molecule has 1 aromatic rings. The molecule has 4 heteroatoms. The molecule has 0 unspecified atom stereocenters. The summed E-state index contributed by atoms with van der Waals surface area (Å²) in [6.45, 7) is 10.5. The SMILES string of the molecule is CCOc1cccc(OCCN2C[C@@H](C)O[C@H](C)C2)c1. The van der Waals surface area contributed by atoms with Crippen LogP contribution in [0.15, 0.2) is 24.3 Å². The summed E-state index contributed by atoms with van der Waals surface area (Å²) in [7, 11) is 0. The van der Waals surface area contributed by atoms with Crippen molar-refractivity contribution in [3.8, 4) is 11.5 Å². The molecule has 1 fully saturated rings. The van der Waals surface area contributed by atoms with Gasteiger partial charge >= 0.3 is 0 Å². The van der Waals surface area contributed by atoms with E-state index < -0.39 is 0 Å². The second kappa shape index (κ2) is 7.50. The third kappa shape index (κ3) is 4.69. The van der Waals surface area contributed by atoms with Gasteiger partial charge in [0.15, 0.2) is 0 Å². The van der Waals surface area contributed by atoms with Crippen LogP contribution in [0, 0.1) is 0 Å². The molecule has 0 aliphatic carbocycles. The molecule has 0 bridgehead atoms. The molecule has 1 saturated heterocycles. The highest BCUT2D eigenvalue weighted by Gasteiger charge is 2.21. The summed E-state index contributed by atoms with van der Waals surface area (Å²) in [6.07, 6.45) is 0.611. The molecule has 4 nitrogen and oxygen atoms in total. The highest BCUT2D eigenvalue weighted by molar-refractivity contribution is 5.32. The molecule has 0 amide bonds. The van der Waals surface area contributed by atoms with Crippen LogP contribution in [0.2, 0.25) is 0 Å². The van der Waals surface area contributed by atoms with Crippen LogP contribution in [-0.4, -0.2) is 50.0 Å². The lowest BCUT2D eigenvalue weighted by molar-refractivity contribution is -0.0699. The summed E-state index contributed by atoms with van der Waals surface area (Å²) in [5, 5.41) is 0. The number of benzene rings is 1. The van der Waals surface area contributed by atoms with Crippen LogP contribution in [0.4, 0.5) is 0 Å². The topological polar surface area (TPSA) is 30.9 Å². The number of morpholine rings is 1. The van der Waals surface area contributed by atoms with Gasteiger partial charge in [-0.05, 0) is 32.9 Å². The first-order valence-corrected chi connectivity index (χ1v) is 7.41. The Hall–Kier alpha value is -1.26. The minimum Gasteiger partial charge on any atom is -0.494 e. The van der Waals surface area contributed by atoms with Gasteiger partial charge in [0.05, 0.1) is 18.8 Å². The maximum atomic E-state index is 5.80. The molecule has 0 spiro atoms. The minimum atomic E-state index is 0.306. The maximum absolute atomic E-state index is 5.80. The average molecular weight is 279 g/mol. The van der Waals surface area contributed by atoms with Gasteiger partial charge in [-0.15, -0.1) is 0 Å². The molecular formula is C16H25NO3. The number of hydrogen-bond donors (Lipinski definition) is 0. The zero-order valence-corrected chi connectivity index (χ0v) is 12.7. The zero-order chi connectivity index (χ0) is 14.4. The van der Waals surface area contributed by atoms with Crippen molar-refractivity contribution in [3.63, 3.8) is 0 Å². The molecule has 20 heavy (non-hydrogen) atoms. The van der Waals surface area contributed by atoms with Crippen molar-refractivity contribution < 1.29 is 14.2 Å². The molecular weight excluding hydrogens is 254 g/mol. The first-order chi connectivity index (χ1) is 9.67. The molecule has 1 aliphatic heterocycles. The lowest BCUT2D eigenvalue weighted by Crippen LogP contribution is -2.46.